The Kier molecular flexibility index (Phi) is 4.80. The molecule has 0 aromatic carbocycles. The Morgan fingerprint density at radius 1 is 1.17 bits per heavy atom. The van der Waals surface area contributed by atoms with E-state index in [2.05, 4.69) is 13.8 Å². The van der Waals surface area contributed by atoms with E-state index in [-0.39, 0.29) is 18.0 Å². The standard InChI is InChI=1S/C8H16O2.C2H6/c1-5-7-6(2)9-8(3,4)10-7;1-2/h6-7H,5H2,1-4H3;1-2H3. The highest BCUT2D eigenvalue weighted by Gasteiger charge is 2.37. The van der Waals surface area contributed by atoms with Crippen molar-refractivity contribution in [2.45, 2.75) is 66.0 Å². The molecule has 1 rings (SSSR count). The molecule has 0 aliphatic carbocycles. The van der Waals surface area contributed by atoms with Crippen LogP contribution in [0.15, 0.2) is 0 Å². The van der Waals surface area contributed by atoms with Gasteiger partial charge in [0, 0.05) is 0 Å². The molecule has 2 nitrogen and oxygen atoms in total. The van der Waals surface area contributed by atoms with E-state index in [1.165, 1.54) is 0 Å². The lowest BCUT2D eigenvalue weighted by Crippen LogP contribution is -2.21. The van der Waals surface area contributed by atoms with Crippen LogP contribution in [-0.4, -0.2) is 18.0 Å². The Morgan fingerprint density at radius 2 is 1.67 bits per heavy atom. The summed E-state index contributed by atoms with van der Waals surface area (Å²) in [5, 5.41) is 0. The molecule has 12 heavy (non-hydrogen) atoms. The zero-order valence-corrected chi connectivity index (χ0v) is 9.18. The molecule has 2 atom stereocenters. The molecule has 1 aliphatic heterocycles. The number of rotatable bonds is 1. The average Bonchev–Trinajstić information content (AvgIpc) is 2.28. The van der Waals surface area contributed by atoms with Gasteiger partial charge in [-0.05, 0) is 27.2 Å². The molecule has 0 N–H and O–H groups in total. The van der Waals surface area contributed by atoms with Crippen molar-refractivity contribution in [1.82, 2.24) is 0 Å². The lowest BCUT2D eigenvalue weighted by atomic mass is 10.2. The maximum absolute atomic E-state index is 5.59. The number of ether oxygens (including phenoxy) is 2. The van der Waals surface area contributed by atoms with E-state index < -0.39 is 0 Å². The van der Waals surface area contributed by atoms with Gasteiger partial charge in [0.15, 0.2) is 5.79 Å². The normalized spacial score (nSPS) is 32.5. The van der Waals surface area contributed by atoms with E-state index in [0.29, 0.717) is 0 Å². The lowest BCUT2D eigenvalue weighted by Gasteiger charge is -2.16. The highest BCUT2D eigenvalue weighted by molar-refractivity contribution is 4.76. The summed E-state index contributed by atoms with van der Waals surface area (Å²) >= 11 is 0. The van der Waals surface area contributed by atoms with Gasteiger partial charge in [-0.15, -0.1) is 0 Å². The van der Waals surface area contributed by atoms with Crippen LogP contribution in [0.5, 0.6) is 0 Å². The van der Waals surface area contributed by atoms with Crippen LogP contribution in [0.25, 0.3) is 0 Å². The molecule has 1 aliphatic rings. The van der Waals surface area contributed by atoms with Crippen LogP contribution in [0.4, 0.5) is 0 Å². The summed E-state index contributed by atoms with van der Waals surface area (Å²) in [5.74, 6) is -0.361. The monoisotopic (exact) mass is 174 g/mol. The van der Waals surface area contributed by atoms with Crippen molar-refractivity contribution in [3.05, 3.63) is 0 Å². The molecule has 0 radical (unpaired) electrons. The van der Waals surface area contributed by atoms with Gasteiger partial charge >= 0.3 is 0 Å². The molecule has 2 heteroatoms. The predicted octanol–water partition coefficient (Wildman–Crippen LogP) is 2.96. The van der Waals surface area contributed by atoms with Crippen LogP contribution >= 0.6 is 0 Å². The van der Waals surface area contributed by atoms with Crippen LogP contribution < -0.4 is 0 Å². The largest absolute Gasteiger partial charge is 0.345 e. The van der Waals surface area contributed by atoms with Crippen LogP contribution in [0, 0.1) is 0 Å². The Morgan fingerprint density at radius 3 is 1.83 bits per heavy atom. The molecule has 0 saturated carbocycles. The maximum Gasteiger partial charge on any atom is 0.163 e. The minimum absolute atomic E-state index is 0.250. The molecule has 0 spiro atoms. The van der Waals surface area contributed by atoms with E-state index in [4.69, 9.17) is 9.47 Å². The fraction of sp³-hybridized carbons (Fsp3) is 1.00. The van der Waals surface area contributed by atoms with Gasteiger partial charge in [-0.1, -0.05) is 20.8 Å². The van der Waals surface area contributed by atoms with Crippen molar-refractivity contribution in [3.63, 3.8) is 0 Å². The van der Waals surface area contributed by atoms with Crippen molar-refractivity contribution >= 4 is 0 Å². The summed E-state index contributed by atoms with van der Waals surface area (Å²) in [6, 6.07) is 0. The molecule has 0 aromatic rings. The molecule has 1 saturated heterocycles. The fourth-order valence-corrected chi connectivity index (χ4v) is 1.43. The lowest BCUT2D eigenvalue weighted by molar-refractivity contribution is -0.145. The smallest absolute Gasteiger partial charge is 0.163 e. The first-order valence-electron chi connectivity index (χ1n) is 4.91. The Labute approximate surface area is 76.3 Å². The SMILES string of the molecule is CC.CCC1OC(C)(C)OC1C. The second-order valence-electron chi connectivity index (χ2n) is 3.29. The van der Waals surface area contributed by atoms with Gasteiger partial charge < -0.3 is 9.47 Å². The van der Waals surface area contributed by atoms with Gasteiger partial charge in [-0.3, -0.25) is 0 Å². The number of hydrogen-bond donors (Lipinski definition) is 0. The quantitative estimate of drug-likeness (QED) is 0.608. The van der Waals surface area contributed by atoms with E-state index in [1.54, 1.807) is 0 Å². The summed E-state index contributed by atoms with van der Waals surface area (Å²) in [4.78, 5) is 0. The Balaban J connectivity index is 0.000000561. The second-order valence-corrected chi connectivity index (χ2v) is 3.29. The van der Waals surface area contributed by atoms with E-state index in [0.717, 1.165) is 6.42 Å². The van der Waals surface area contributed by atoms with E-state index in [9.17, 15) is 0 Å². The first-order valence-corrected chi connectivity index (χ1v) is 4.91. The highest BCUT2D eigenvalue weighted by atomic mass is 16.7. The van der Waals surface area contributed by atoms with E-state index >= 15 is 0 Å². The molecule has 74 valence electrons. The minimum atomic E-state index is -0.361. The Bertz CT molecular complexity index is 121. The highest BCUT2D eigenvalue weighted by Crippen LogP contribution is 2.28. The van der Waals surface area contributed by atoms with E-state index in [1.807, 2.05) is 27.7 Å². The van der Waals surface area contributed by atoms with Gasteiger partial charge in [-0.25, -0.2) is 0 Å². The maximum atomic E-state index is 5.59. The van der Waals surface area contributed by atoms with Crippen LogP contribution in [-0.2, 0) is 9.47 Å². The van der Waals surface area contributed by atoms with Gasteiger partial charge in [0.25, 0.3) is 0 Å². The molecule has 1 fully saturated rings. The first kappa shape index (κ1) is 11.9. The predicted molar refractivity (Wildman–Crippen MR) is 51.1 cm³/mol. The number of hydrogen-bond acceptors (Lipinski definition) is 2. The minimum Gasteiger partial charge on any atom is -0.345 e. The fourth-order valence-electron chi connectivity index (χ4n) is 1.43. The zero-order valence-electron chi connectivity index (χ0n) is 9.18. The first-order chi connectivity index (χ1) is 5.55. The molecule has 1 heterocycles. The second kappa shape index (κ2) is 4.83. The van der Waals surface area contributed by atoms with Gasteiger partial charge in [0.1, 0.15) is 0 Å². The molecular weight excluding hydrogens is 152 g/mol. The van der Waals surface area contributed by atoms with Crippen molar-refractivity contribution in [3.8, 4) is 0 Å². The summed E-state index contributed by atoms with van der Waals surface area (Å²) in [6.45, 7) is 12.1. The van der Waals surface area contributed by atoms with Crippen molar-refractivity contribution < 1.29 is 9.47 Å². The summed E-state index contributed by atoms with van der Waals surface area (Å²) in [6.07, 6.45) is 1.57. The molecular formula is C10H22O2. The third kappa shape index (κ3) is 3.11. The van der Waals surface area contributed by atoms with Crippen LogP contribution in [0.3, 0.4) is 0 Å². The van der Waals surface area contributed by atoms with Crippen LogP contribution in [0.1, 0.15) is 48.0 Å². The molecule has 0 aromatic heterocycles. The summed E-state index contributed by atoms with van der Waals surface area (Å²) in [5.41, 5.74) is 0. The zero-order chi connectivity index (χ0) is 9.78. The average molecular weight is 174 g/mol. The molecule has 2 unspecified atom stereocenters. The third-order valence-corrected chi connectivity index (χ3v) is 1.83. The summed E-state index contributed by atoms with van der Waals surface area (Å²) < 4.78 is 11.1. The topological polar surface area (TPSA) is 18.5 Å². The van der Waals surface area contributed by atoms with Crippen molar-refractivity contribution in [1.29, 1.82) is 0 Å². The van der Waals surface area contributed by atoms with Crippen LogP contribution in [0.2, 0.25) is 0 Å². The van der Waals surface area contributed by atoms with Gasteiger partial charge in [0.2, 0.25) is 0 Å². The third-order valence-electron chi connectivity index (χ3n) is 1.83. The Hall–Kier alpha value is -0.0800. The van der Waals surface area contributed by atoms with Gasteiger partial charge in [0.05, 0.1) is 12.2 Å². The van der Waals surface area contributed by atoms with Crippen molar-refractivity contribution in [2.75, 3.05) is 0 Å². The summed E-state index contributed by atoms with van der Waals surface area (Å²) in [7, 11) is 0. The van der Waals surface area contributed by atoms with Crippen molar-refractivity contribution in [2.24, 2.45) is 0 Å². The van der Waals surface area contributed by atoms with Gasteiger partial charge in [-0.2, -0.15) is 0 Å². The molecule has 0 amide bonds. The molecule has 0 bridgehead atoms.